The van der Waals surface area contributed by atoms with Gasteiger partial charge in [0.15, 0.2) is 0 Å². The monoisotopic (exact) mass is 410 g/mol. The van der Waals surface area contributed by atoms with E-state index in [4.69, 9.17) is 4.74 Å². The Balaban J connectivity index is 3.57. The molecule has 0 saturated carbocycles. The van der Waals surface area contributed by atoms with Gasteiger partial charge in [-0.15, -0.1) is 0 Å². The molecule has 0 aromatic heterocycles. The maximum absolute atomic E-state index is 6.05. The first-order chi connectivity index (χ1) is 13.7. The second kappa shape index (κ2) is 18.7. The van der Waals surface area contributed by atoms with Crippen molar-refractivity contribution in [3.05, 3.63) is 0 Å². The van der Waals surface area contributed by atoms with E-state index in [1.807, 2.05) is 0 Å². The lowest BCUT2D eigenvalue weighted by Crippen LogP contribution is -2.12. The van der Waals surface area contributed by atoms with E-state index in [2.05, 4.69) is 55.4 Å². The van der Waals surface area contributed by atoms with E-state index in [0.717, 1.165) is 36.9 Å². The van der Waals surface area contributed by atoms with Crippen molar-refractivity contribution in [3.8, 4) is 0 Å². The van der Waals surface area contributed by atoms with Gasteiger partial charge in [0, 0.05) is 13.2 Å². The Morgan fingerprint density at radius 1 is 0.379 bits per heavy atom. The van der Waals surface area contributed by atoms with Crippen molar-refractivity contribution < 1.29 is 4.74 Å². The van der Waals surface area contributed by atoms with Crippen LogP contribution in [0.15, 0.2) is 0 Å². The Bertz CT molecular complexity index is 303. The highest BCUT2D eigenvalue weighted by molar-refractivity contribution is 4.61. The summed E-state index contributed by atoms with van der Waals surface area (Å²) in [6.07, 6.45) is 16.6. The van der Waals surface area contributed by atoms with Gasteiger partial charge >= 0.3 is 0 Å². The summed E-state index contributed by atoms with van der Waals surface area (Å²) in [5.41, 5.74) is 0. The molecule has 0 saturated heterocycles. The standard InChI is InChI=1S/C28H58O/c1-23(2)13-9-15-25(5)17-11-19-27(7)21-29-22-28(8)20-12-18-26(6)16-10-14-24(3)4/h23-28H,9-22H2,1-8H3. The maximum atomic E-state index is 6.05. The van der Waals surface area contributed by atoms with Crippen LogP contribution in [0.5, 0.6) is 0 Å². The average Bonchev–Trinajstić information content (AvgIpc) is 2.61. The summed E-state index contributed by atoms with van der Waals surface area (Å²) in [7, 11) is 0. The predicted octanol–water partition coefficient (Wildman–Crippen LogP) is 9.54. The fraction of sp³-hybridized carbons (Fsp3) is 1.00. The molecule has 4 unspecified atom stereocenters. The molecular weight excluding hydrogens is 352 g/mol. The molecule has 4 atom stereocenters. The van der Waals surface area contributed by atoms with Crippen LogP contribution in [-0.2, 0) is 4.74 Å². The Morgan fingerprint density at radius 3 is 0.966 bits per heavy atom. The third-order valence-corrected chi connectivity index (χ3v) is 6.55. The quantitative estimate of drug-likeness (QED) is 0.194. The molecule has 0 aromatic carbocycles. The zero-order valence-corrected chi connectivity index (χ0v) is 21.8. The van der Waals surface area contributed by atoms with Crippen LogP contribution < -0.4 is 0 Å². The molecule has 0 aliphatic carbocycles. The summed E-state index contributed by atoms with van der Waals surface area (Å²) in [4.78, 5) is 0. The third-order valence-electron chi connectivity index (χ3n) is 6.55. The van der Waals surface area contributed by atoms with Crippen LogP contribution in [0.25, 0.3) is 0 Å². The minimum atomic E-state index is 0.714. The van der Waals surface area contributed by atoms with Crippen molar-refractivity contribution in [2.75, 3.05) is 13.2 Å². The van der Waals surface area contributed by atoms with E-state index in [0.29, 0.717) is 11.8 Å². The van der Waals surface area contributed by atoms with Crippen LogP contribution in [0.1, 0.15) is 132 Å². The minimum Gasteiger partial charge on any atom is -0.381 e. The van der Waals surface area contributed by atoms with Gasteiger partial charge in [0.1, 0.15) is 0 Å². The maximum Gasteiger partial charge on any atom is 0.0491 e. The van der Waals surface area contributed by atoms with Crippen molar-refractivity contribution >= 4 is 0 Å². The summed E-state index contributed by atoms with van der Waals surface area (Å²) in [6.45, 7) is 20.9. The molecule has 1 heteroatoms. The van der Waals surface area contributed by atoms with Gasteiger partial charge in [-0.1, -0.05) is 120 Å². The van der Waals surface area contributed by atoms with Crippen molar-refractivity contribution in [3.63, 3.8) is 0 Å². The predicted molar refractivity (Wildman–Crippen MR) is 133 cm³/mol. The van der Waals surface area contributed by atoms with E-state index in [-0.39, 0.29) is 0 Å². The highest BCUT2D eigenvalue weighted by atomic mass is 16.5. The normalized spacial score (nSPS) is 16.3. The molecule has 0 amide bonds. The molecule has 0 aromatic rings. The molecule has 29 heavy (non-hydrogen) atoms. The minimum absolute atomic E-state index is 0.714. The van der Waals surface area contributed by atoms with Gasteiger partial charge in [0.05, 0.1) is 0 Å². The molecule has 0 heterocycles. The van der Waals surface area contributed by atoms with Gasteiger partial charge in [-0.3, -0.25) is 0 Å². The third kappa shape index (κ3) is 21.0. The largest absolute Gasteiger partial charge is 0.381 e. The lowest BCUT2D eigenvalue weighted by Gasteiger charge is -2.17. The first-order valence-electron chi connectivity index (χ1n) is 13.3. The lowest BCUT2D eigenvalue weighted by molar-refractivity contribution is 0.0735. The SMILES string of the molecule is CC(C)CCCC(C)CCCC(C)COCC(C)CCCC(C)CCCC(C)C. The number of ether oxygens (including phenoxy) is 1. The first kappa shape index (κ1) is 29.0. The molecule has 0 fully saturated rings. The second-order valence-corrected chi connectivity index (χ2v) is 11.5. The summed E-state index contributed by atoms with van der Waals surface area (Å²) in [6, 6.07) is 0. The molecule has 176 valence electrons. The molecule has 0 radical (unpaired) electrons. The second-order valence-electron chi connectivity index (χ2n) is 11.5. The van der Waals surface area contributed by atoms with Gasteiger partial charge in [-0.05, 0) is 48.3 Å². The van der Waals surface area contributed by atoms with Crippen LogP contribution in [0, 0.1) is 35.5 Å². The number of hydrogen-bond acceptors (Lipinski definition) is 1. The average molecular weight is 411 g/mol. The van der Waals surface area contributed by atoms with E-state index < -0.39 is 0 Å². The van der Waals surface area contributed by atoms with Crippen LogP contribution in [0.3, 0.4) is 0 Å². The molecule has 0 spiro atoms. The fourth-order valence-corrected chi connectivity index (χ4v) is 4.30. The van der Waals surface area contributed by atoms with Crippen molar-refractivity contribution in [1.82, 2.24) is 0 Å². The Kier molecular flexibility index (Phi) is 18.7. The highest BCUT2D eigenvalue weighted by Gasteiger charge is 2.09. The van der Waals surface area contributed by atoms with Gasteiger partial charge in [0.2, 0.25) is 0 Å². The van der Waals surface area contributed by atoms with Crippen molar-refractivity contribution in [2.45, 2.75) is 132 Å². The molecule has 1 nitrogen and oxygen atoms in total. The Hall–Kier alpha value is -0.0400. The summed E-state index contributed by atoms with van der Waals surface area (Å²) >= 11 is 0. The van der Waals surface area contributed by atoms with Crippen LogP contribution in [0.4, 0.5) is 0 Å². The summed E-state index contributed by atoms with van der Waals surface area (Å²) < 4.78 is 6.05. The van der Waals surface area contributed by atoms with Gasteiger partial charge in [0.25, 0.3) is 0 Å². The highest BCUT2D eigenvalue weighted by Crippen LogP contribution is 2.21. The smallest absolute Gasteiger partial charge is 0.0491 e. The van der Waals surface area contributed by atoms with Crippen molar-refractivity contribution in [1.29, 1.82) is 0 Å². The molecular formula is C28H58O. The van der Waals surface area contributed by atoms with E-state index in [1.54, 1.807) is 0 Å². The van der Waals surface area contributed by atoms with Gasteiger partial charge < -0.3 is 4.74 Å². The molecule has 0 N–H and O–H groups in total. The van der Waals surface area contributed by atoms with Crippen LogP contribution in [-0.4, -0.2) is 13.2 Å². The molecule has 0 aliphatic heterocycles. The van der Waals surface area contributed by atoms with Crippen molar-refractivity contribution in [2.24, 2.45) is 35.5 Å². The number of rotatable bonds is 20. The van der Waals surface area contributed by atoms with E-state index in [9.17, 15) is 0 Å². The molecule has 0 rings (SSSR count). The van der Waals surface area contributed by atoms with Crippen LogP contribution in [0.2, 0.25) is 0 Å². The first-order valence-corrected chi connectivity index (χ1v) is 13.3. The zero-order valence-electron chi connectivity index (χ0n) is 21.8. The van der Waals surface area contributed by atoms with E-state index >= 15 is 0 Å². The summed E-state index contributed by atoms with van der Waals surface area (Å²) in [5, 5.41) is 0. The van der Waals surface area contributed by atoms with Crippen LogP contribution >= 0.6 is 0 Å². The van der Waals surface area contributed by atoms with E-state index in [1.165, 1.54) is 77.0 Å². The zero-order chi connectivity index (χ0) is 22.1. The Labute approximate surface area is 186 Å². The number of hydrogen-bond donors (Lipinski definition) is 0. The van der Waals surface area contributed by atoms with Gasteiger partial charge in [-0.25, -0.2) is 0 Å². The van der Waals surface area contributed by atoms with Gasteiger partial charge in [-0.2, -0.15) is 0 Å². The fourth-order valence-electron chi connectivity index (χ4n) is 4.30. The summed E-state index contributed by atoms with van der Waals surface area (Å²) in [5.74, 6) is 4.95. The molecule has 0 aliphatic rings. The lowest BCUT2D eigenvalue weighted by atomic mass is 9.93. The Morgan fingerprint density at radius 2 is 0.655 bits per heavy atom. The topological polar surface area (TPSA) is 9.23 Å². The molecule has 0 bridgehead atoms.